The maximum atomic E-state index is 12.8. The molecule has 0 bridgehead atoms. The number of carbonyl (C=O) groups is 2. The van der Waals surface area contributed by atoms with Crippen LogP contribution in [0.5, 0.6) is 0 Å². The third-order valence-corrected chi connectivity index (χ3v) is 5.28. The molecule has 168 valence electrons. The number of rotatable bonds is 6. The van der Waals surface area contributed by atoms with E-state index in [-0.39, 0.29) is 12.1 Å². The Kier molecular flexibility index (Phi) is 7.15. The van der Waals surface area contributed by atoms with Gasteiger partial charge < -0.3 is 24.7 Å². The number of H-pyrrole nitrogens is 1. The van der Waals surface area contributed by atoms with Crippen molar-refractivity contribution in [2.24, 2.45) is 0 Å². The SMILES string of the molecule is CCOC(=O)c1[nH]ccc1NCc1ccc(Cl)cc1C1CCCN1C(=O)OC(C)(C)C. The number of nitrogens with one attached hydrogen (secondary N) is 2. The van der Waals surface area contributed by atoms with Gasteiger partial charge in [0.05, 0.1) is 18.3 Å². The van der Waals surface area contributed by atoms with Crippen LogP contribution in [0.25, 0.3) is 0 Å². The van der Waals surface area contributed by atoms with Gasteiger partial charge in [0.2, 0.25) is 0 Å². The van der Waals surface area contributed by atoms with E-state index in [0.717, 1.165) is 24.0 Å². The molecular weight excluding hydrogens is 418 g/mol. The summed E-state index contributed by atoms with van der Waals surface area (Å²) in [5, 5.41) is 3.92. The molecule has 8 heteroatoms. The maximum Gasteiger partial charge on any atom is 0.410 e. The van der Waals surface area contributed by atoms with Crippen molar-refractivity contribution in [2.75, 3.05) is 18.5 Å². The summed E-state index contributed by atoms with van der Waals surface area (Å²) in [5.74, 6) is -0.404. The standard InChI is InChI=1S/C23H30ClN3O4/c1-5-30-21(28)20-18(10-11-25-20)26-14-15-8-9-16(24)13-17(15)19-7-6-12-27(19)22(29)31-23(2,3)4/h8-11,13,19,25-26H,5-7,12,14H2,1-4H3. The first-order valence-corrected chi connectivity index (χ1v) is 10.9. The molecule has 2 N–H and O–H groups in total. The largest absolute Gasteiger partial charge is 0.461 e. The van der Waals surface area contributed by atoms with Crippen LogP contribution in [-0.2, 0) is 16.0 Å². The van der Waals surface area contributed by atoms with Gasteiger partial charge in [0.1, 0.15) is 11.3 Å². The molecule has 1 fully saturated rings. The van der Waals surface area contributed by atoms with E-state index in [1.54, 1.807) is 24.1 Å². The number of esters is 1. The van der Waals surface area contributed by atoms with Crippen molar-refractivity contribution in [3.8, 4) is 0 Å². The number of aromatic nitrogens is 1. The molecule has 1 unspecified atom stereocenters. The lowest BCUT2D eigenvalue weighted by molar-refractivity contribution is 0.0223. The third kappa shape index (κ3) is 5.73. The van der Waals surface area contributed by atoms with Crippen molar-refractivity contribution in [1.29, 1.82) is 0 Å². The Bertz CT molecular complexity index is 935. The van der Waals surface area contributed by atoms with Crippen molar-refractivity contribution in [2.45, 2.75) is 58.7 Å². The summed E-state index contributed by atoms with van der Waals surface area (Å²) in [6, 6.07) is 7.38. The molecule has 1 aromatic carbocycles. The Labute approximate surface area is 188 Å². The van der Waals surface area contributed by atoms with E-state index in [9.17, 15) is 9.59 Å². The topological polar surface area (TPSA) is 83.7 Å². The summed E-state index contributed by atoms with van der Waals surface area (Å²) in [5.41, 5.74) is 2.47. The van der Waals surface area contributed by atoms with Crippen molar-refractivity contribution in [3.05, 3.63) is 52.3 Å². The number of anilines is 1. The number of amides is 1. The monoisotopic (exact) mass is 447 g/mol. The van der Waals surface area contributed by atoms with E-state index in [4.69, 9.17) is 21.1 Å². The number of carbonyl (C=O) groups excluding carboxylic acids is 2. The number of aromatic amines is 1. The second kappa shape index (κ2) is 9.64. The summed E-state index contributed by atoms with van der Waals surface area (Å²) < 4.78 is 10.7. The summed E-state index contributed by atoms with van der Waals surface area (Å²) in [6.45, 7) is 8.78. The lowest BCUT2D eigenvalue weighted by Gasteiger charge is -2.30. The van der Waals surface area contributed by atoms with Crippen molar-refractivity contribution in [1.82, 2.24) is 9.88 Å². The smallest absolute Gasteiger partial charge is 0.410 e. The van der Waals surface area contributed by atoms with E-state index in [1.807, 2.05) is 39.0 Å². The van der Waals surface area contributed by atoms with Gasteiger partial charge in [-0.2, -0.15) is 0 Å². The highest BCUT2D eigenvalue weighted by molar-refractivity contribution is 6.30. The lowest BCUT2D eigenvalue weighted by atomic mass is 9.98. The normalized spacial score (nSPS) is 16.3. The van der Waals surface area contributed by atoms with Crippen molar-refractivity contribution >= 4 is 29.4 Å². The zero-order chi connectivity index (χ0) is 22.6. The first kappa shape index (κ1) is 23.0. The van der Waals surface area contributed by atoms with Gasteiger partial charge in [-0.15, -0.1) is 0 Å². The summed E-state index contributed by atoms with van der Waals surface area (Å²) in [6.07, 6.45) is 3.11. The van der Waals surface area contributed by atoms with Crippen LogP contribution in [0, 0.1) is 0 Å². The number of halogens is 1. The first-order valence-electron chi connectivity index (χ1n) is 10.6. The Morgan fingerprint density at radius 1 is 1.29 bits per heavy atom. The zero-order valence-electron chi connectivity index (χ0n) is 18.5. The van der Waals surface area contributed by atoms with Crippen LogP contribution in [0.2, 0.25) is 5.02 Å². The molecule has 0 spiro atoms. The molecular formula is C23H30ClN3O4. The van der Waals surface area contributed by atoms with Crippen LogP contribution in [-0.4, -0.2) is 40.7 Å². The van der Waals surface area contributed by atoms with Crippen LogP contribution >= 0.6 is 11.6 Å². The first-order chi connectivity index (χ1) is 14.7. The predicted molar refractivity (Wildman–Crippen MR) is 120 cm³/mol. The van der Waals surface area contributed by atoms with Gasteiger partial charge >= 0.3 is 12.1 Å². The van der Waals surface area contributed by atoms with Gasteiger partial charge in [0.15, 0.2) is 0 Å². The lowest BCUT2D eigenvalue weighted by Crippen LogP contribution is -2.36. The molecule has 31 heavy (non-hydrogen) atoms. The van der Waals surface area contributed by atoms with Gasteiger partial charge in [-0.05, 0) is 69.9 Å². The average molecular weight is 448 g/mol. The Morgan fingerprint density at radius 2 is 2.06 bits per heavy atom. The van der Waals surface area contributed by atoms with Crippen LogP contribution in [0.1, 0.15) is 68.2 Å². The summed E-state index contributed by atoms with van der Waals surface area (Å²) in [4.78, 5) is 29.6. The molecule has 0 radical (unpaired) electrons. The van der Waals surface area contributed by atoms with Crippen LogP contribution in [0.4, 0.5) is 10.5 Å². The van der Waals surface area contributed by atoms with E-state index >= 15 is 0 Å². The number of hydrogen-bond acceptors (Lipinski definition) is 5. The van der Waals surface area contributed by atoms with Gasteiger partial charge in [-0.1, -0.05) is 17.7 Å². The highest BCUT2D eigenvalue weighted by atomic mass is 35.5. The zero-order valence-corrected chi connectivity index (χ0v) is 19.2. The average Bonchev–Trinajstić information content (AvgIpc) is 3.35. The molecule has 0 saturated carbocycles. The quantitative estimate of drug-likeness (QED) is 0.569. The fraction of sp³-hybridized carbons (Fsp3) is 0.478. The second-order valence-electron chi connectivity index (χ2n) is 8.52. The molecule has 1 atom stereocenters. The van der Waals surface area contributed by atoms with Gasteiger partial charge in [-0.25, -0.2) is 9.59 Å². The number of benzene rings is 1. The predicted octanol–water partition coefficient (Wildman–Crippen LogP) is 5.53. The third-order valence-electron chi connectivity index (χ3n) is 5.04. The minimum absolute atomic E-state index is 0.110. The second-order valence-corrected chi connectivity index (χ2v) is 8.95. The van der Waals surface area contributed by atoms with Gasteiger partial charge in [-0.3, -0.25) is 0 Å². The van der Waals surface area contributed by atoms with E-state index in [2.05, 4.69) is 10.3 Å². The molecule has 1 aliphatic rings. The van der Waals surface area contributed by atoms with Gasteiger partial charge in [0, 0.05) is 24.3 Å². The fourth-order valence-electron chi connectivity index (χ4n) is 3.75. The summed E-state index contributed by atoms with van der Waals surface area (Å²) >= 11 is 6.31. The number of hydrogen-bond donors (Lipinski definition) is 2. The number of nitrogens with zero attached hydrogens (tertiary/aromatic N) is 1. The Hall–Kier alpha value is -2.67. The van der Waals surface area contributed by atoms with E-state index in [0.29, 0.717) is 36.1 Å². The number of likely N-dealkylation sites (tertiary alicyclic amines) is 1. The molecule has 7 nitrogen and oxygen atoms in total. The van der Waals surface area contributed by atoms with Crippen LogP contribution in [0.15, 0.2) is 30.5 Å². The summed E-state index contributed by atoms with van der Waals surface area (Å²) in [7, 11) is 0. The highest BCUT2D eigenvalue weighted by Crippen LogP contribution is 2.36. The molecule has 1 aliphatic heterocycles. The maximum absolute atomic E-state index is 12.8. The molecule has 1 amide bonds. The van der Waals surface area contributed by atoms with Crippen molar-refractivity contribution < 1.29 is 19.1 Å². The highest BCUT2D eigenvalue weighted by Gasteiger charge is 2.34. The van der Waals surface area contributed by atoms with Crippen LogP contribution in [0.3, 0.4) is 0 Å². The van der Waals surface area contributed by atoms with Gasteiger partial charge in [0.25, 0.3) is 0 Å². The Balaban J connectivity index is 1.81. The fourth-order valence-corrected chi connectivity index (χ4v) is 3.93. The molecule has 0 aliphatic carbocycles. The minimum Gasteiger partial charge on any atom is -0.461 e. The van der Waals surface area contributed by atoms with E-state index in [1.165, 1.54) is 0 Å². The molecule has 3 rings (SSSR count). The molecule has 1 saturated heterocycles. The van der Waals surface area contributed by atoms with Crippen molar-refractivity contribution in [3.63, 3.8) is 0 Å². The van der Waals surface area contributed by atoms with Crippen LogP contribution < -0.4 is 5.32 Å². The molecule has 2 heterocycles. The minimum atomic E-state index is -0.555. The molecule has 2 aromatic rings. The van der Waals surface area contributed by atoms with E-state index < -0.39 is 11.6 Å². The Morgan fingerprint density at radius 3 is 2.77 bits per heavy atom. The number of ether oxygens (including phenoxy) is 2. The molecule has 1 aromatic heterocycles.